The molecule has 8 nitrogen and oxygen atoms in total. The number of fused-ring (bicyclic) bond motifs is 1. The minimum atomic E-state index is -2.95. The van der Waals surface area contributed by atoms with Crippen molar-refractivity contribution >= 4 is 41.3 Å². The monoisotopic (exact) mass is 576 g/mol. The molecule has 0 saturated carbocycles. The molecule has 0 radical (unpaired) electrons. The van der Waals surface area contributed by atoms with Crippen LogP contribution in [0.25, 0.3) is 11.0 Å². The molecule has 0 bridgehead atoms. The van der Waals surface area contributed by atoms with Crippen LogP contribution in [-0.4, -0.2) is 44.7 Å². The number of aromatic nitrogens is 1. The van der Waals surface area contributed by atoms with Crippen LogP contribution < -0.4 is 26.5 Å². The number of hydrazine groups is 1. The summed E-state index contributed by atoms with van der Waals surface area (Å²) in [6.07, 6.45) is -0.208. The van der Waals surface area contributed by atoms with Crippen molar-refractivity contribution in [2.75, 3.05) is 18.0 Å². The van der Waals surface area contributed by atoms with Crippen LogP contribution in [0.3, 0.4) is 0 Å². The number of nitrogens with one attached hydrogen (secondary N) is 1. The van der Waals surface area contributed by atoms with E-state index in [2.05, 4.69) is 55.6 Å². The lowest BCUT2D eigenvalue weighted by Crippen LogP contribution is -2.66. The minimum Gasteiger partial charge on any atom is -0.403 e. The van der Waals surface area contributed by atoms with Crippen LogP contribution in [-0.2, 0) is 15.8 Å². The number of morpholine rings is 1. The summed E-state index contributed by atoms with van der Waals surface area (Å²) < 4.78 is 34.9. The summed E-state index contributed by atoms with van der Waals surface area (Å²) in [5.41, 5.74) is 2.86. The number of hydrogen-bond acceptors (Lipinski definition) is 7. The molecule has 5 rings (SSSR count). The van der Waals surface area contributed by atoms with Gasteiger partial charge in [-0.3, -0.25) is 10.2 Å². The molecule has 1 saturated heterocycles. The van der Waals surface area contributed by atoms with Crippen molar-refractivity contribution < 1.29 is 22.9 Å². The number of benzene rings is 3. The first-order valence-electron chi connectivity index (χ1n) is 13.8. The first-order chi connectivity index (χ1) is 19.6. The highest BCUT2D eigenvalue weighted by atomic mass is 28.4. The number of nitrogens with zero attached hydrogens (tertiary/aromatic N) is 2. The zero-order chi connectivity index (χ0) is 29.4. The normalized spacial score (nSPS) is 18.1. The number of halogens is 1. The minimum absolute atomic E-state index is 0.0802. The summed E-state index contributed by atoms with van der Waals surface area (Å²) in [4.78, 5) is 14.4. The van der Waals surface area contributed by atoms with Crippen LogP contribution in [0.15, 0.2) is 71.3 Å². The second-order valence-corrected chi connectivity index (χ2v) is 16.0. The largest absolute Gasteiger partial charge is 0.403 e. The van der Waals surface area contributed by atoms with Gasteiger partial charge in [0.25, 0.3) is 14.2 Å². The number of rotatable bonds is 7. The van der Waals surface area contributed by atoms with Crippen LogP contribution in [0, 0.1) is 5.82 Å². The number of nitrogen functional groups attached to an aromatic ring is 1. The third-order valence-corrected chi connectivity index (χ3v) is 12.7. The topological polar surface area (TPSA) is 103 Å². The van der Waals surface area contributed by atoms with E-state index in [9.17, 15) is 4.79 Å². The average Bonchev–Trinajstić information content (AvgIpc) is 3.37. The van der Waals surface area contributed by atoms with Crippen LogP contribution in [0.5, 0.6) is 0 Å². The molecule has 0 spiro atoms. The molecule has 2 atom stereocenters. The van der Waals surface area contributed by atoms with E-state index in [1.54, 1.807) is 6.07 Å². The Balaban J connectivity index is 1.70. The summed E-state index contributed by atoms with van der Waals surface area (Å²) in [6, 6.07) is 22.3. The Labute approximate surface area is 240 Å². The maximum Gasteiger partial charge on any atom is 0.288 e. The molecule has 41 heavy (non-hydrogen) atoms. The quantitative estimate of drug-likeness (QED) is 0.147. The Bertz CT molecular complexity index is 1470. The average molecular weight is 577 g/mol. The first-order valence-corrected chi connectivity index (χ1v) is 15.7. The van der Waals surface area contributed by atoms with Gasteiger partial charge in [0.2, 0.25) is 5.58 Å². The van der Waals surface area contributed by atoms with Crippen molar-refractivity contribution in [1.82, 2.24) is 10.6 Å². The molecular weight excluding hydrogens is 539 g/mol. The number of anilines is 1. The van der Waals surface area contributed by atoms with E-state index in [1.807, 2.05) is 55.1 Å². The number of amides is 1. The van der Waals surface area contributed by atoms with Crippen LogP contribution in [0.4, 0.5) is 10.1 Å². The van der Waals surface area contributed by atoms with Crippen molar-refractivity contribution in [2.45, 2.75) is 58.5 Å². The Morgan fingerprint density at radius 2 is 1.63 bits per heavy atom. The maximum absolute atomic E-state index is 16.4. The van der Waals surface area contributed by atoms with E-state index < -0.39 is 20.0 Å². The van der Waals surface area contributed by atoms with Crippen molar-refractivity contribution in [1.29, 1.82) is 0 Å². The van der Waals surface area contributed by atoms with Gasteiger partial charge in [0.05, 0.1) is 29.9 Å². The zero-order valence-corrected chi connectivity index (χ0v) is 25.1. The first kappa shape index (κ1) is 28.9. The lowest BCUT2D eigenvalue weighted by molar-refractivity contribution is -0.00549. The van der Waals surface area contributed by atoms with Crippen LogP contribution in [0.1, 0.15) is 50.7 Å². The molecule has 216 valence electrons. The van der Waals surface area contributed by atoms with Gasteiger partial charge in [0.15, 0.2) is 11.5 Å². The van der Waals surface area contributed by atoms with Crippen molar-refractivity contribution in [3.63, 3.8) is 0 Å². The smallest absolute Gasteiger partial charge is 0.288 e. The van der Waals surface area contributed by atoms with Crippen molar-refractivity contribution in [3.05, 3.63) is 83.8 Å². The predicted molar refractivity (Wildman–Crippen MR) is 160 cm³/mol. The molecule has 0 aliphatic carbocycles. The van der Waals surface area contributed by atoms with Gasteiger partial charge in [-0.1, -0.05) is 86.6 Å². The summed E-state index contributed by atoms with van der Waals surface area (Å²) in [7, 11) is -2.95. The fraction of sp³-hybridized carbons (Fsp3) is 0.355. The van der Waals surface area contributed by atoms with Gasteiger partial charge in [-0.05, 0) is 35.3 Å². The van der Waals surface area contributed by atoms with Gasteiger partial charge in [0.1, 0.15) is 0 Å². The molecule has 2 heterocycles. The Hall–Kier alpha value is -3.57. The Morgan fingerprint density at radius 1 is 1.07 bits per heavy atom. The van der Waals surface area contributed by atoms with E-state index in [0.29, 0.717) is 24.3 Å². The lowest BCUT2D eigenvalue weighted by atomic mass is 10.1. The maximum atomic E-state index is 16.4. The van der Waals surface area contributed by atoms with E-state index in [-0.39, 0.29) is 40.5 Å². The van der Waals surface area contributed by atoms with E-state index in [4.69, 9.17) is 19.5 Å². The zero-order valence-electron chi connectivity index (χ0n) is 24.1. The predicted octanol–water partition coefficient (Wildman–Crippen LogP) is 4.26. The summed E-state index contributed by atoms with van der Waals surface area (Å²) in [5, 5.41) is 6.04. The molecule has 4 aromatic rings. The van der Waals surface area contributed by atoms with E-state index in [1.165, 1.54) is 0 Å². The molecule has 1 aliphatic rings. The van der Waals surface area contributed by atoms with Gasteiger partial charge < -0.3 is 18.6 Å². The molecule has 1 fully saturated rings. The number of nitrogens with two attached hydrogens (primary N) is 1. The third-order valence-electron chi connectivity index (χ3n) is 7.70. The molecular formula is C31H37FN4O4Si. The molecule has 3 N–H and O–H groups in total. The molecule has 0 unspecified atom stereocenters. The van der Waals surface area contributed by atoms with Crippen LogP contribution in [0.2, 0.25) is 5.04 Å². The van der Waals surface area contributed by atoms with E-state index in [0.717, 1.165) is 10.4 Å². The molecule has 3 aromatic carbocycles. The summed E-state index contributed by atoms with van der Waals surface area (Å²) >= 11 is 0. The Kier molecular flexibility index (Phi) is 8.02. The van der Waals surface area contributed by atoms with Gasteiger partial charge in [-0.2, -0.15) is 0 Å². The van der Waals surface area contributed by atoms with Gasteiger partial charge in [-0.15, -0.1) is 0 Å². The van der Waals surface area contributed by atoms with Gasteiger partial charge in [0, 0.05) is 18.7 Å². The fourth-order valence-electron chi connectivity index (χ4n) is 6.07. The van der Waals surface area contributed by atoms with Crippen molar-refractivity contribution in [3.8, 4) is 0 Å². The highest BCUT2D eigenvalue weighted by Crippen LogP contribution is 2.40. The lowest BCUT2D eigenvalue weighted by Gasteiger charge is -2.43. The summed E-state index contributed by atoms with van der Waals surface area (Å²) in [5.74, 6) is 4.13. The van der Waals surface area contributed by atoms with Gasteiger partial charge >= 0.3 is 0 Å². The Morgan fingerprint density at radius 3 is 2.15 bits per heavy atom. The number of carbonyl (C=O) groups is 1. The highest BCUT2D eigenvalue weighted by molar-refractivity contribution is 6.99. The summed E-state index contributed by atoms with van der Waals surface area (Å²) in [6.45, 7) is 11.6. The van der Waals surface area contributed by atoms with Crippen LogP contribution >= 0.6 is 0 Å². The third kappa shape index (κ3) is 5.28. The number of carbonyl (C=O) groups excluding carboxylic acids is 1. The standard InChI is InChI=1S/C31H37FN4O4Si/c1-20-17-36(18-21(2)39-20)28-22(16-25-27(30(37)34-33)35-40-29(25)26(28)32)19-38-41(31(3,4)5,23-12-8-6-9-13-23)24-14-10-7-11-15-24/h6-16,20-21H,17-19,33H2,1-5H3,(H,34,37)/t20-,21+. The molecule has 1 amide bonds. The fourth-order valence-corrected chi connectivity index (χ4v) is 10.6. The molecule has 1 aromatic heterocycles. The van der Waals surface area contributed by atoms with Gasteiger partial charge in [-0.25, -0.2) is 10.2 Å². The number of hydrogen-bond donors (Lipinski definition) is 2. The second kappa shape index (κ2) is 11.4. The van der Waals surface area contributed by atoms with Crippen molar-refractivity contribution in [2.24, 2.45) is 5.84 Å². The number of ether oxygens (including phenoxy) is 1. The highest BCUT2D eigenvalue weighted by Gasteiger charge is 2.50. The molecule has 10 heteroatoms. The molecule has 1 aliphatic heterocycles. The van der Waals surface area contributed by atoms with E-state index >= 15 is 4.39 Å². The second-order valence-electron chi connectivity index (χ2n) is 11.7. The SMILES string of the molecule is C[C@@H]1CN(c2c(CO[Si](c3ccccc3)(c3ccccc3)C(C)(C)C)cc3c(C(=O)NN)noc3c2F)C[C@H](C)O1.